The third-order valence-corrected chi connectivity index (χ3v) is 6.49. The van der Waals surface area contributed by atoms with E-state index in [1.807, 2.05) is 12.1 Å². The number of aromatic nitrogens is 1. The van der Waals surface area contributed by atoms with Crippen LogP contribution in [0.3, 0.4) is 0 Å². The van der Waals surface area contributed by atoms with Crippen molar-refractivity contribution in [1.82, 2.24) is 4.57 Å². The Hall–Kier alpha value is -2.66. The molecule has 0 amide bonds. The molecule has 31 heavy (non-hydrogen) atoms. The first-order valence-electron chi connectivity index (χ1n) is 10.5. The lowest BCUT2D eigenvalue weighted by Gasteiger charge is -2.31. The Bertz CT molecular complexity index is 1190. The number of halogens is 1. The van der Waals surface area contributed by atoms with Crippen LogP contribution in [-0.2, 0) is 11.3 Å². The van der Waals surface area contributed by atoms with Crippen LogP contribution in [0.5, 0.6) is 0 Å². The number of benzene rings is 2. The summed E-state index contributed by atoms with van der Waals surface area (Å²) in [7, 11) is 0. The Balaban J connectivity index is 1.72. The minimum atomic E-state index is -0.449. The lowest BCUT2D eigenvalue weighted by Crippen LogP contribution is -2.28. The van der Waals surface area contributed by atoms with Crippen molar-refractivity contribution >= 4 is 27.6 Å². The molecule has 160 valence electrons. The van der Waals surface area contributed by atoms with E-state index in [0.29, 0.717) is 5.56 Å². The van der Waals surface area contributed by atoms with Crippen LogP contribution in [0.1, 0.15) is 58.7 Å². The predicted molar refractivity (Wildman–Crippen MR) is 128 cm³/mol. The SMILES string of the molecule is Cc1ccc(-n2c(C)cc3c2CC(C)(C)C/C3=N\OC(=O)c2ccc(Br)cc2)cc1C. The molecule has 4 rings (SSSR count). The predicted octanol–water partition coefficient (Wildman–Crippen LogP) is 6.70. The molecule has 0 saturated carbocycles. The molecule has 1 aliphatic carbocycles. The molecular formula is C26H27BrN2O2. The highest BCUT2D eigenvalue weighted by Gasteiger charge is 2.33. The largest absolute Gasteiger partial charge is 0.365 e. The van der Waals surface area contributed by atoms with E-state index >= 15 is 0 Å². The van der Waals surface area contributed by atoms with Crippen molar-refractivity contribution in [2.24, 2.45) is 10.6 Å². The molecule has 0 fully saturated rings. The fraction of sp³-hybridized carbons (Fsp3) is 0.308. The van der Waals surface area contributed by atoms with Gasteiger partial charge < -0.3 is 9.40 Å². The van der Waals surface area contributed by atoms with E-state index in [9.17, 15) is 4.79 Å². The summed E-state index contributed by atoms with van der Waals surface area (Å²) < 4.78 is 3.23. The number of fused-ring (bicyclic) bond motifs is 1. The average molecular weight is 479 g/mol. The van der Waals surface area contributed by atoms with E-state index in [1.54, 1.807) is 12.1 Å². The van der Waals surface area contributed by atoms with E-state index in [2.05, 4.69) is 84.5 Å². The molecule has 0 bridgehead atoms. The topological polar surface area (TPSA) is 43.6 Å². The van der Waals surface area contributed by atoms with Gasteiger partial charge in [0.25, 0.3) is 0 Å². The van der Waals surface area contributed by atoms with Gasteiger partial charge in [-0.25, -0.2) is 4.79 Å². The van der Waals surface area contributed by atoms with Gasteiger partial charge in [0.1, 0.15) is 0 Å². The molecule has 0 unspecified atom stereocenters. The summed E-state index contributed by atoms with van der Waals surface area (Å²) in [6, 6.07) is 15.8. The maximum absolute atomic E-state index is 12.5. The molecule has 0 spiro atoms. The van der Waals surface area contributed by atoms with Crippen molar-refractivity contribution in [2.75, 3.05) is 0 Å². The van der Waals surface area contributed by atoms with Crippen LogP contribution in [0.15, 0.2) is 58.2 Å². The van der Waals surface area contributed by atoms with Crippen LogP contribution in [0.4, 0.5) is 0 Å². The van der Waals surface area contributed by atoms with Crippen LogP contribution in [-0.4, -0.2) is 16.2 Å². The number of carbonyl (C=O) groups is 1. The first-order valence-corrected chi connectivity index (χ1v) is 11.3. The monoisotopic (exact) mass is 478 g/mol. The van der Waals surface area contributed by atoms with E-state index in [4.69, 9.17) is 4.84 Å². The summed E-state index contributed by atoms with van der Waals surface area (Å²) in [4.78, 5) is 17.9. The van der Waals surface area contributed by atoms with Crippen molar-refractivity contribution in [2.45, 2.75) is 47.5 Å². The maximum Gasteiger partial charge on any atom is 0.365 e. The van der Waals surface area contributed by atoms with Crippen molar-refractivity contribution in [3.63, 3.8) is 0 Å². The van der Waals surface area contributed by atoms with Crippen molar-refractivity contribution in [1.29, 1.82) is 0 Å². The number of hydrogen-bond donors (Lipinski definition) is 0. The Labute approximate surface area is 192 Å². The molecule has 1 aromatic heterocycles. The average Bonchev–Trinajstić information content (AvgIpc) is 3.03. The quantitative estimate of drug-likeness (QED) is 0.310. The maximum atomic E-state index is 12.5. The highest BCUT2D eigenvalue weighted by molar-refractivity contribution is 9.10. The minimum Gasteiger partial charge on any atom is -0.318 e. The molecule has 0 aliphatic heterocycles. The summed E-state index contributed by atoms with van der Waals surface area (Å²) in [6.07, 6.45) is 1.69. The smallest absolute Gasteiger partial charge is 0.318 e. The van der Waals surface area contributed by atoms with Crippen molar-refractivity contribution < 1.29 is 9.63 Å². The van der Waals surface area contributed by atoms with E-state index < -0.39 is 5.97 Å². The first kappa shape index (κ1) is 21.6. The standard InChI is InChI=1S/C26H27BrN2O2/c1-16-6-11-21(12-17(16)2)29-18(3)13-22-23(14-26(4,5)15-24(22)29)28-31-25(30)19-7-9-20(27)10-8-19/h6-13H,14-15H2,1-5H3/b28-23+. The highest BCUT2D eigenvalue weighted by atomic mass is 79.9. The van der Waals surface area contributed by atoms with Gasteiger partial charge in [0.05, 0.1) is 11.3 Å². The number of carbonyl (C=O) groups excluding carboxylic acids is 1. The Kier molecular flexibility index (Phi) is 5.65. The van der Waals surface area contributed by atoms with Gasteiger partial charge in [-0.05, 0) is 92.6 Å². The van der Waals surface area contributed by atoms with Gasteiger partial charge in [0.15, 0.2) is 0 Å². The summed E-state index contributed by atoms with van der Waals surface area (Å²) in [5.74, 6) is -0.449. The third kappa shape index (κ3) is 4.38. The highest BCUT2D eigenvalue weighted by Crippen LogP contribution is 2.38. The van der Waals surface area contributed by atoms with Gasteiger partial charge in [-0.3, -0.25) is 0 Å². The zero-order valence-electron chi connectivity index (χ0n) is 18.6. The van der Waals surface area contributed by atoms with Crippen LogP contribution in [0.2, 0.25) is 0 Å². The Morgan fingerprint density at radius 2 is 1.71 bits per heavy atom. The van der Waals surface area contributed by atoms with Gasteiger partial charge in [-0.15, -0.1) is 0 Å². The molecule has 1 aliphatic rings. The van der Waals surface area contributed by atoms with E-state index in [-0.39, 0.29) is 5.41 Å². The molecule has 0 radical (unpaired) electrons. The third-order valence-electron chi connectivity index (χ3n) is 5.96. The summed E-state index contributed by atoms with van der Waals surface area (Å²) in [6.45, 7) is 10.9. The van der Waals surface area contributed by atoms with Gasteiger partial charge in [-0.2, -0.15) is 0 Å². The summed E-state index contributed by atoms with van der Waals surface area (Å²) >= 11 is 3.38. The van der Waals surface area contributed by atoms with Crippen LogP contribution in [0, 0.1) is 26.2 Å². The molecular weight excluding hydrogens is 452 g/mol. The molecule has 3 aromatic rings. The van der Waals surface area contributed by atoms with Gasteiger partial charge in [-0.1, -0.05) is 41.0 Å². The summed E-state index contributed by atoms with van der Waals surface area (Å²) in [5.41, 5.74) is 8.46. The fourth-order valence-corrected chi connectivity index (χ4v) is 4.48. The number of oxime groups is 1. The second kappa shape index (κ2) is 8.12. The minimum absolute atomic E-state index is 0.0120. The second-order valence-electron chi connectivity index (χ2n) is 9.19. The number of nitrogens with zero attached hydrogens (tertiary/aromatic N) is 2. The molecule has 0 atom stereocenters. The normalized spacial score (nSPS) is 16.3. The molecule has 4 nitrogen and oxygen atoms in total. The molecule has 0 N–H and O–H groups in total. The van der Waals surface area contributed by atoms with Crippen LogP contribution < -0.4 is 0 Å². The van der Waals surface area contributed by atoms with Crippen molar-refractivity contribution in [3.05, 3.63) is 86.6 Å². The molecule has 1 heterocycles. The van der Waals surface area contributed by atoms with E-state index in [0.717, 1.165) is 40.0 Å². The first-order chi connectivity index (χ1) is 14.6. The second-order valence-corrected chi connectivity index (χ2v) is 10.1. The zero-order chi connectivity index (χ0) is 22.3. The fourth-order valence-electron chi connectivity index (χ4n) is 4.22. The van der Waals surface area contributed by atoms with Gasteiger partial charge in [0.2, 0.25) is 0 Å². The van der Waals surface area contributed by atoms with Gasteiger partial charge in [0, 0.05) is 27.1 Å². The molecule has 2 aromatic carbocycles. The number of hydrogen-bond acceptors (Lipinski definition) is 3. The molecule has 0 saturated heterocycles. The Morgan fingerprint density at radius 1 is 1.00 bits per heavy atom. The van der Waals surface area contributed by atoms with E-state index in [1.165, 1.54) is 16.8 Å². The van der Waals surface area contributed by atoms with Crippen LogP contribution in [0.25, 0.3) is 5.69 Å². The lowest BCUT2D eigenvalue weighted by atomic mass is 9.76. The number of rotatable bonds is 3. The Morgan fingerprint density at radius 3 is 2.39 bits per heavy atom. The molecule has 5 heteroatoms. The summed E-state index contributed by atoms with van der Waals surface area (Å²) in [5, 5.41) is 4.34. The lowest BCUT2D eigenvalue weighted by molar-refractivity contribution is 0.0514. The van der Waals surface area contributed by atoms with Gasteiger partial charge >= 0.3 is 5.97 Å². The zero-order valence-corrected chi connectivity index (χ0v) is 20.2. The number of aryl methyl sites for hydroxylation is 3. The van der Waals surface area contributed by atoms with Crippen LogP contribution >= 0.6 is 15.9 Å². The van der Waals surface area contributed by atoms with Crippen molar-refractivity contribution in [3.8, 4) is 5.69 Å².